The predicted molar refractivity (Wildman–Crippen MR) is 169 cm³/mol. The van der Waals surface area contributed by atoms with Crippen LogP contribution in [0.15, 0.2) is 95.8 Å². The summed E-state index contributed by atoms with van der Waals surface area (Å²) in [6.07, 6.45) is 5.27. The number of aromatic nitrogens is 2. The number of nitrogens with one attached hydrogen (secondary N) is 3. The highest BCUT2D eigenvalue weighted by molar-refractivity contribution is 6.25. The Hall–Kier alpha value is -6.17. The number of furan rings is 1. The summed E-state index contributed by atoms with van der Waals surface area (Å²) < 4.78 is 5.97. The zero-order chi connectivity index (χ0) is 32.5. The number of benzene rings is 2. The molecule has 1 saturated heterocycles. The van der Waals surface area contributed by atoms with Crippen molar-refractivity contribution < 1.29 is 28.4 Å². The van der Waals surface area contributed by atoms with Gasteiger partial charge in [-0.1, -0.05) is 36.4 Å². The van der Waals surface area contributed by atoms with Crippen LogP contribution in [0.2, 0.25) is 0 Å². The summed E-state index contributed by atoms with van der Waals surface area (Å²) in [7, 11) is 0. The first-order valence-electron chi connectivity index (χ1n) is 15.1. The number of anilines is 1. The van der Waals surface area contributed by atoms with E-state index in [-0.39, 0.29) is 36.3 Å². The molecule has 0 aliphatic carbocycles. The van der Waals surface area contributed by atoms with Crippen molar-refractivity contribution in [2.45, 2.75) is 37.9 Å². The number of hydrogen-bond acceptors (Lipinski definition) is 9. The van der Waals surface area contributed by atoms with Crippen molar-refractivity contribution in [3.8, 4) is 0 Å². The molecular weight excluding hydrogens is 600 g/mol. The van der Waals surface area contributed by atoms with Gasteiger partial charge in [0.25, 0.3) is 11.8 Å². The Balaban J connectivity index is 1.01. The number of carbonyl (C=O) groups excluding carboxylic acids is 5. The molecule has 0 saturated carbocycles. The van der Waals surface area contributed by atoms with E-state index in [1.54, 1.807) is 42.9 Å². The number of hydrogen-bond donors (Lipinski definition) is 3. The van der Waals surface area contributed by atoms with Gasteiger partial charge in [0.15, 0.2) is 0 Å². The number of carbonyl (C=O) groups is 5. The van der Waals surface area contributed by atoms with E-state index < -0.39 is 35.7 Å². The number of nitrogens with zero attached hydrogens (tertiary/aromatic N) is 3. The molecule has 12 nitrogen and oxygen atoms in total. The van der Waals surface area contributed by atoms with Gasteiger partial charge in [0.05, 0.1) is 17.5 Å². The van der Waals surface area contributed by atoms with Crippen LogP contribution >= 0.6 is 0 Å². The standard InChI is InChI=1S/C35H28N6O6/c42-28-13-12-26(32(44)40-28)41-34(45)24-6-1-7-25(30(24)35(41)46)38-18-21-10-8-20(9-11-21)16-29(43)39-31(23-5-2-14-36-19-23)27-17-22-4-3-15-37-33(22)47-27/h1-11,14-15,17,19,26,31,38H,12-13,16,18H2,(H,39,43)(H,40,42,44). The van der Waals surface area contributed by atoms with Gasteiger partial charge in [-0.05, 0) is 53.9 Å². The van der Waals surface area contributed by atoms with Gasteiger partial charge in [-0.15, -0.1) is 0 Å². The minimum Gasteiger partial charge on any atom is -0.440 e. The summed E-state index contributed by atoms with van der Waals surface area (Å²) in [5.74, 6) is -1.87. The van der Waals surface area contributed by atoms with E-state index in [1.807, 2.05) is 48.5 Å². The van der Waals surface area contributed by atoms with Crippen LogP contribution in [0.5, 0.6) is 0 Å². The van der Waals surface area contributed by atoms with Crippen molar-refractivity contribution in [2.75, 3.05) is 5.32 Å². The van der Waals surface area contributed by atoms with Gasteiger partial charge in [-0.3, -0.25) is 39.2 Å². The third-order valence-corrected chi connectivity index (χ3v) is 8.26. The molecule has 234 valence electrons. The monoisotopic (exact) mass is 628 g/mol. The highest BCUT2D eigenvalue weighted by Crippen LogP contribution is 2.33. The maximum atomic E-state index is 13.4. The van der Waals surface area contributed by atoms with E-state index in [9.17, 15) is 24.0 Å². The van der Waals surface area contributed by atoms with E-state index in [0.717, 1.165) is 27.0 Å². The summed E-state index contributed by atoms with van der Waals surface area (Å²) in [5, 5.41) is 9.34. The van der Waals surface area contributed by atoms with E-state index in [2.05, 4.69) is 25.9 Å². The van der Waals surface area contributed by atoms with Crippen LogP contribution in [-0.4, -0.2) is 50.4 Å². The summed E-state index contributed by atoms with van der Waals surface area (Å²) in [6.45, 7) is 0.339. The van der Waals surface area contributed by atoms with Gasteiger partial charge >= 0.3 is 0 Å². The van der Waals surface area contributed by atoms with Crippen LogP contribution in [0.25, 0.3) is 11.1 Å². The minimum atomic E-state index is -1.03. The van der Waals surface area contributed by atoms with Crippen molar-refractivity contribution in [1.29, 1.82) is 0 Å². The molecule has 47 heavy (non-hydrogen) atoms. The lowest BCUT2D eigenvalue weighted by Gasteiger charge is -2.27. The van der Waals surface area contributed by atoms with Crippen molar-refractivity contribution in [2.24, 2.45) is 0 Å². The molecule has 3 N–H and O–H groups in total. The van der Waals surface area contributed by atoms with E-state index in [1.165, 1.54) is 0 Å². The minimum absolute atomic E-state index is 0.0523. The lowest BCUT2D eigenvalue weighted by molar-refractivity contribution is -0.136. The number of imide groups is 2. The first-order chi connectivity index (χ1) is 22.9. The molecule has 2 unspecified atom stereocenters. The van der Waals surface area contributed by atoms with Gasteiger partial charge in [-0.25, -0.2) is 4.98 Å². The van der Waals surface area contributed by atoms with Crippen LogP contribution < -0.4 is 16.0 Å². The Kier molecular flexibility index (Phi) is 7.74. The van der Waals surface area contributed by atoms with Crippen LogP contribution in [0.3, 0.4) is 0 Å². The largest absolute Gasteiger partial charge is 0.440 e. The van der Waals surface area contributed by atoms with Crippen LogP contribution in [0.4, 0.5) is 5.69 Å². The highest BCUT2D eigenvalue weighted by Gasteiger charge is 2.45. The zero-order valence-corrected chi connectivity index (χ0v) is 24.9. The molecule has 2 atom stereocenters. The molecule has 0 spiro atoms. The number of fused-ring (bicyclic) bond motifs is 2. The Bertz CT molecular complexity index is 2010. The fourth-order valence-corrected chi connectivity index (χ4v) is 5.93. The van der Waals surface area contributed by atoms with Crippen molar-refractivity contribution in [3.63, 3.8) is 0 Å². The Morgan fingerprint density at radius 2 is 1.77 bits per heavy atom. The molecule has 5 amide bonds. The normalized spacial score (nSPS) is 16.6. The zero-order valence-electron chi connectivity index (χ0n) is 24.9. The summed E-state index contributed by atoms with van der Waals surface area (Å²) in [6, 6.07) is 20.1. The Morgan fingerprint density at radius 3 is 2.53 bits per heavy atom. The summed E-state index contributed by atoms with van der Waals surface area (Å²) in [4.78, 5) is 73.1. The van der Waals surface area contributed by atoms with Gasteiger partial charge in [0.2, 0.25) is 23.4 Å². The molecule has 5 aromatic rings. The van der Waals surface area contributed by atoms with Gasteiger partial charge in [-0.2, -0.15) is 0 Å². The van der Waals surface area contributed by atoms with E-state index >= 15 is 0 Å². The fourth-order valence-electron chi connectivity index (χ4n) is 5.93. The second-order valence-electron chi connectivity index (χ2n) is 11.4. The van der Waals surface area contributed by atoms with Crippen LogP contribution in [0, 0.1) is 0 Å². The molecule has 3 aromatic heterocycles. The predicted octanol–water partition coefficient (Wildman–Crippen LogP) is 3.68. The smallest absolute Gasteiger partial charge is 0.264 e. The number of piperidine rings is 1. The Labute approximate surface area is 268 Å². The first kappa shape index (κ1) is 29.5. The van der Waals surface area contributed by atoms with E-state index in [4.69, 9.17) is 4.42 Å². The molecule has 2 aliphatic heterocycles. The molecule has 5 heterocycles. The summed E-state index contributed by atoms with van der Waals surface area (Å²) in [5.41, 5.74) is 3.79. The topological polar surface area (TPSA) is 164 Å². The molecule has 0 radical (unpaired) electrons. The van der Waals surface area contributed by atoms with Crippen molar-refractivity contribution >= 4 is 46.3 Å². The van der Waals surface area contributed by atoms with Crippen LogP contribution in [0.1, 0.15) is 62.1 Å². The lowest BCUT2D eigenvalue weighted by Crippen LogP contribution is -2.54. The average molecular weight is 629 g/mol. The Morgan fingerprint density at radius 1 is 0.957 bits per heavy atom. The van der Waals surface area contributed by atoms with Gasteiger partial charge in [0.1, 0.15) is 17.8 Å². The molecule has 2 aliphatic rings. The number of pyridine rings is 2. The maximum Gasteiger partial charge on any atom is 0.264 e. The van der Waals surface area contributed by atoms with E-state index in [0.29, 0.717) is 23.7 Å². The van der Waals surface area contributed by atoms with Gasteiger partial charge < -0.3 is 15.1 Å². The van der Waals surface area contributed by atoms with Gasteiger partial charge in [0, 0.05) is 48.2 Å². The molecule has 0 bridgehead atoms. The number of rotatable bonds is 9. The molecule has 1 fully saturated rings. The van der Waals surface area contributed by atoms with Crippen LogP contribution in [-0.2, 0) is 27.3 Å². The lowest BCUT2D eigenvalue weighted by atomic mass is 10.0. The first-order valence-corrected chi connectivity index (χ1v) is 15.1. The third-order valence-electron chi connectivity index (χ3n) is 8.26. The molecule has 2 aromatic carbocycles. The second-order valence-corrected chi connectivity index (χ2v) is 11.4. The van der Waals surface area contributed by atoms with Crippen molar-refractivity contribution in [3.05, 3.63) is 125 Å². The maximum absolute atomic E-state index is 13.4. The number of amides is 5. The van der Waals surface area contributed by atoms with Crippen molar-refractivity contribution in [1.82, 2.24) is 25.5 Å². The highest BCUT2D eigenvalue weighted by atomic mass is 16.3. The average Bonchev–Trinajstić information content (AvgIpc) is 3.62. The quantitative estimate of drug-likeness (QED) is 0.207. The second kappa shape index (κ2) is 12.3. The SMILES string of the molecule is O=C1CCC(N2C(=O)c3cccc(NCc4ccc(CC(=O)NC(c5cccnc5)c5cc6cccnc6o5)cc4)c3C2=O)C(=O)N1. The molecule has 12 heteroatoms. The third kappa shape index (κ3) is 5.84. The summed E-state index contributed by atoms with van der Waals surface area (Å²) >= 11 is 0. The molecular formula is C35H28N6O6. The molecule has 7 rings (SSSR count). The fraction of sp³-hybridized carbons (Fsp3) is 0.171.